The standard InChI is InChI=1S/C14H6BrClF4O/c15-10-5-4-9(12(17)11(10)16)13(21)7-2-1-3-8(6-7)14(18,19)20/h1-6H. The molecular formula is C14H6BrClF4O. The third-order valence-electron chi connectivity index (χ3n) is 2.73. The van der Waals surface area contributed by atoms with Crippen LogP contribution in [0.4, 0.5) is 17.6 Å². The molecule has 0 saturated carbocycles. The number of benzene rings is 2. The van der Waals surface area contributed by atoms with Crippen molar-refractivity contribution in [3.8, 4) is 0 Å². The summed E-state index contributed by atoms with van der Waals surface area (Å²) in [6.45, 7) is 0. The van der Waals surface area contributed by atoms with Gasteiger partial charge in [-0.2, -0.15) is 13.2 Å². The van der Waals surface area contributed by atoms with Crippen LogP contribution in [0.3, 0.4) is 0 Å². The molecule has 0 N–H and O–H groups in total. The molecule has 21 heavy (non-hydrogen) atoms. The molecule has 0 aromatic heterocycles. The second kappa shape index (κ2) is 5.77. The Balaban J connectivity index is 2.49. The van der Waals surface area contributed by atoms with Gasteiger partial charge in [-0.05, 0) is 40.2 Å². The zero-order valence-corrected chi connectivity index (χ0v) is 12.5. The normalized spacial score (nSPS) is 11.5. The van der Waals surface area contributed by atoms with Gasteiger partial charge in [0, 0.05) is 10.0 Å². The topological polar surface area (TPSA) is 17.1 Å². The van der Waals surface area contributed by atoms with Crippen molar-refractivity contribution < 1.29 is 22.4 Å². The van der Waals surface area contributed by atoms with E-state index in [9.17, 15) is 22.4 Å². The highest BCUT2D eigenvalue weighted by molar-refractivity contribution is 9.10. The van der Waals surface area contributed by atoms with Crippen LogP contribution in [0.1, 0.15) is 21.5 Å². The highest BCUT2D eigenvalue weighted by Gasteiger charge is 2.31. The number of ketones is 1. The van der Waals surface area contributed by atoms with E-state index in [4.69, 9.17) is 11.6 Å². The monoisotopic (exact) mass is 380 g/mol. The number of halogens is 6. The summed E-state index contributed by atoms with van der Waals surface area (Å²) in [6, 6.07) is 6.31. The van der Waals surface area contributed by atoms with Gasteiger partial charge in [-0.1, -0.05) is 23.7 Å². The van der Waals surface area contributed by atoms with Gasteiger partial charge in [0.15, 0.2) is 11.6 Å². The zero-order chi connectivity index (χ0) is 15.8. The predicted octanol–water partition coefficient (Wildman–Crippen LogP) is 5.49. The van der Waals surface area contributed by atoms with Crippen molar-refractivity contribution in [1.82, 2.24) is 0 Å². The molecule has 110 valence electrons. The Kier molecular flexibility index (Phi) is 4.39. The molecule has 2 aromatic carbocycles. The Morgan fingerprint density at radius 2 is 1.81 bits per heavy atom. The summed E-state index contributed by atoms with van der Waals surface area (Å²) < 4.78 is 52.0. The van der Waals surface area contributed by atoms with E-state index in [0.29, 0.717) is 6.07 Å². The number of carbonyl (C=O) groups is 1. The van der Waals surface area contributed by atoms with Gasteiger partial charge in [-0.3, -0.25) is 4.79 Å². The molecule has 2 rings (SSSR count). The summed E-state index contributed by atoms with van der Waals surface area (Å²) in [7, 11) is 0. The second-order valence-corrected chi connectivity index (χ2v) is 5.36. The van der Waals surface area contributed by atoms with Crippen LogP contribution in [0.2, 0.25) is 5.02 Å². The minimum Gasteiger partial charge on any atom is -0.288 e. The molecule has 1 nitrogen and oxygen atoms in total. The second-order valence-electron chi connectivity index (χ2n) is 4.13. The molecule has 2 aromatic rings. The van der Waals surface area contributed by atoms with Crippen molar-refractivity contribution in [3.63, 3.8) is 0 Å². The van der Waals surface area contributed by atoms with E-state index in [1.165, 1.54) is 12.1 Å². The maximum atomic E-state index is 13.9. The number of rotatable bonds is 2. The number of hydrogen-bond acceptors (Lipinski definition) is 1. The van der Waals surface area contributed by atoms with Crippen LogP contribution >= 0.6 is 27.5 Å². The molecule has 7 heteroatoms. The van der Waals surface area contributed by atoms with E-state index in [2.05, 4.69) is 15.9 Å². The SMILES string of the molecule is O=C(c1cccc(C(F)(F)F)c1)c1ccc(Br)c(Cl)c1F. The van der Waals surface area contributed by atoms with Crippen LogP contribution in [-0.2, 0) is 6.18 Å². The third kappa shape index (κ3) is 3.27. The molecule has 0 aliphatic carbocycles. The fourth-order valence-corrected chi connectivity index (χ4v) is 2.16. The average Bonchev–Trinajstić information content (AvgIpc) is 2.43. The number of carbonyl (C=O) groups excluding carboxylic acids is 1. The summed E-state index contributed by atoms with van der Waals surface area (Å²) in [5.41, 5.74) is -1.62. The Morgan fingerprint density at radius 3 is 2.43 bits per heavy atom. The summed E-state index contributed by atoms with van der Waals surface area (Å²) in [6.07, 6.45) is -4.58. The van der Waals surface area contributed by atoms with E-state index in [-0.39, 0.29) is 20.6 Å². The first-order valence-electron chi connectivity index (χ1n) is 5.57. The van der Waals surface area contributed by atoms with Crippen LogP contribution in [0, 0.1) is 5.82 Å². The Bertz CT molecular complexity index is 713. The number of alkyl halides is 3. The molecule has 0 heterocycles. The van der Waals surface area contributed by atoms with Crippen LogP contribution in [-0.4, -0.2) is 5.78 Å². The van der Waals surface area contributed by atoms with E-state index >= 15 is 0 Å². The molecule has 0 atom stereocenters. The van der Waals surface area contributed by atoms with Crippen molar-refractivity contribution in [1.29, 1.82) is 0 Å². The van der Waals surface area contributed by atoms with Crippen LogP contribution in [0.5, 0.6) is 0 Å². The Labute approximate surface area is 130 Å². The van der Waals surface area contributed by atoms with Crippen LogP contribution < -0.4 is 0 Å². The van der Waals surface area contributed by atoms with Gasteiger partial charge >= 0.3 is 6.18 Å². The maximum absolute atomic E-state index is 13.9. The first kappa shape index (κ1) is 16.0. The average molecular weight is 382 g/mol. The molecule has 0 spiro atoms. The lowest BCUT2D eigenvalue weighted by Gasteiger charge is -2.09. The predicted molar refractivity (Wildman–Crippen MR) is 74.0 cm³/mol. The van der Waals surface area contributed by atoms with Gasteiger partial charge in [0.2, 0.25) is 0 Å². The van der Waals surface area contributed by atoms with Crippen LogP contribution in [0.25, 0.3) is 0 Å². The minimum absolute atomic E-state index is 0.252. The van der Waals surface area contributed by atoms with Crippen LogP contribution in [0.15, 0.2) is 40.9 Å². The third-order valence-corrected chi connectivity index (χ3v) is 3.99. The quantitative estimate of drug-likeness (QED) is 0.382. The van der Waals surface area contributed by atoms with Crippen molar-refractivity contribution in [2.45, 2.75) is 6.18 Å². The van der Waals surface area contributed by atoms with E-state index in [1.807, 2.05) is 0 Å². The van der Waals surface area contributed by atoms with Crippen molar-refractivity contribution in [2.75, 3.05) is 0 Å². The van der Waals surface area contributed by atoms with Gasteiger partial charge < -0.3 is 0 Å². The van der Waals surface area contributed by atoms with E-state index in [1.54, 1.807) is 0 Å². The lowest BCUT2D eigenvalue weighted by atomic mass is 10.0. The smallest absolute Gasteiger partial charge is 0.288 e. The summed E-state index contributed by atoms with van der Waals surface area (Å²) in [4.78, 5) is 12.1. The molecule has 0 bridgehead atoms. The molecule has 0 aliphatic heterocycles. The lowest BCUT2D eigenvalue weighted by molar-refractivity contribution is -0.137. The van der Waals surface area contributed by atoms with E-state index in [0.717, 1.165) is 18.2 Å². The van der Waals surface area contributed by atoms with E-state index < -0.39 is 23.3 Å². The van der Waals surface area contributed by atoms with Crippen molar-refractivity contribution in [3.05, 3.63) is 68.4 Å². The highest BCUT2D eigenvalue weighted by Crippen LogP contribution is 2.31. The van der Waals surface area contributed by atoms with Gasteiger partial charge in [0.25, 0.3) is 0 Å². The molecule has 0 saturated heterocycles. The van der Waals surface area contributed by atoms with Gasteiger partial charge in [-0.25, -0.2) is 4.39 Å². The van der Waals surface area contributed by atoms with Gasteiger partial charge in [0.1, 0.15) is 0 Å². The molecule has 0 fully saturated rings. The van der Waals surface area contributed by atoms with Gasteiger partial charge in [0.05, 0.1) is 16.1 Å². The maximum Gasteiger partial charge on any atom is 0.416 e. The summed E-state index contributed by atoms with van der Waals surface area (Å²) in [5, 5.41) is -0.298. The Morgan fingerprint density at radius 1 is 1.14 bits per heavy atom. The first-order chi connectivity index (χ1) is 9.71. The fourth-order valence-electron chi connectivity index (χ4n) is 1.69. The minimum atomic E-state index is -4.58. The molecule has 0 radical (unpaired) electrons. The molecule has 0 aliphatic rings. The Hall–Kier alpha value is -1.40. The zero-order valence-electron chi connectivity index (χ0n) is 10.1. The largest absolute Gasteiger partial charge is 0.416 e. The van der Waals surface area contributed by atoms with Gasteiger partial charge in [-0.15, -0.1) is 0 Å². The number of hydrogen-bond donors (Lipinski definition) is 0. The molecule has 0 amide bonds. The molecular weight excluding hydrogens is 376 g/mol. The van der Waals surface area contributed by atoms with Crippen molar-refractivity contribution >= 4 is 33.3 Å². The summed E-state index contributed by atoms with van der Waals surface area (Å²) >= 11 is 8.66. The highest BCUT2D eigenvalue weighted by atomic mass is 79.9. The lowest BCUT2D eigenvalue weighted by Crippen LogP contribution is -2.09. The molecule has 0 unspecified atom stereocenters. The van der Waals surface area contributed by atoms with Crippen molar-refractivity contribution in [2.24, 2.45) is 0 Å². The fraction of sp³-hybridized carbons (Fsp3) is 0.0714. The summed E-state index contributed by atoms with van der Waals surface area (Å²) in [5.74, 6) is -1.85. The first-order valence-corrected chi connectivity index (χ1v) is 6.74.